The van der Waals surface area contributed by atoms with Gasteiger partial charge in [-0.1, -0.05) is 68.2 Å². The second-order valence-corrected chi connectivity index (χ2v) is 9.77. The number of aryl methyl sites for hydroxylation is 1. The van der Waals surface area contributed by atoms with Crippen molar-refractivity contribution in [3.05, 3.63) is 76.4 Å². The molecular weight excluding hydrogens is 457 g/mol. The molecule has 0 amide bonds. The summed E-state index contributed by atoms with van der Waals surface area (Å²) in [6, 6.07) is 15.3. The van der Waals surface area contributed by atoms with Crippen molar-refractivity contribution in [1.82, 2.24) is 24.6 Å². The van der Waals surface area contributed by atoms with Crippen molar-refractivity contribution in [3.63, 3.8) is 0 Å². The van der Waals surface area contributed by atoms with Gasteiger partial charge in [-0.05, 0) is 31.2 Å². The minimum Gasteiger partial charge on any atom is -0.420 e. The lowest BCUT2D eigenvalue weighted by Gasteiger charge is -2.11. The van der Waals surface area contributed by atoms with Crippen LogP contribution in [-0.4, -0.2) is 24.6 Å². The van der Waals surface area contributed by atoms with Gasteiger partial charge in [-0.15, -0.1) is 10.2 Å². The Morgan fingerprint density at radius 1 is 0.818 bits per heavy atom. The smallest absolute Gasteiger partial charge is 0.251 e. The van der Waals surface area contributed by atoms with Crippen LogP contribution in [-0.2, 0) is 5.41 Å². The molecule has 5 rings (SSSR count). The number of hydrogen-bond donors (Lipinski definition) is 0. The normalized spacial score (nSPS) is 11.9. The molecule has 166 valence electrons. The molecule has 0 bridgehead atoms. The molecule has 0 N–H and O–H groups in total. The molecule has 5 aromatic rings. The van der Waals surface area contributed by atoms with Crippen LogP contribution in [0.1, 0.15) is 32.4 Å². The van der Waals surface area contributed by atoms with E-state index in [1.54, 1.807) is 0 Å². The second kappa shape index (κ2) is 7.97. The van der Waals surface area contributed by atoms with Crippen LogP contribution in [0.4, 0.5) is 0 Å². The minimum absolute atomic E-state index is 0.248. The highest BCUT2D eigenvalue weighted by Gasteiger charge is 2.24. The fourth-order valence-corrected chi connectivity index (χ4v) is 3.84. The zero-order valence-corrected chi connectivity index (χ0v) is 20.1. The SMILES string of the molecule is Cc1nc2nc(-c3ccc(Cl)cc3)c(-c3ccc(Cl)cc3)n2cc1-c1nnc(C(C)(C)C)o1. The van der Waals surface area contributed by atoms with E-state index in [0.29, 0.717) is 27.6 Å². The third kappa shape index (κ3) is 4.01. The Morgan fingerprint density at radius 3 is 2.00 bits per heavy atom. The number of aromatic nitrogens is 5. The summed E-state index contributed by atoms with van der Waals surface area (Å²) in [4.78, 5) is 9.62. The largest absolute Gasteiger partial charge is 0.420 e. The van der Waals surface area contributed by atoms with E-state index in [1.807, 2.05) is 86.8 Å². The van der Waals surface area contributed by atoms with Gasteiger partial charge in [0.25, 0.3) is 5.89 Å². The topological polar surface area (TPSA) is 69.1 Å². The second-order valence-electron chi connectivity index (χ2n) is 8.90. The number of fused-ring (bicyclic) bond motifs is 1. The average molecular weight is 478 g/mol. The lowest BCUT2D eigenvalue weighted by molar-refractivity contribution is 0.399. The van der Waals surface area contributed by atoms with E-state index in [-0.39, 0.29) is 5.41 Å². The molecule has 0 aliphatic rings. The van der Waals surface area contributed by atoms with Crippen molar-refractivity contribution in [1.29, 1.82) is 0 Å². The number of hydrogen-bond acceptors (Lipinski definition) is 5. The van der Waals surface area contributed by atoms with Gasteiger partial charge in [0.1, 0.15) is 0 Å². The molecule has 3 heterocycles. The molecular formula is C25H21Cl2N5O. The summed E-state index contributed by atoms with van der Waals surface area (Å²) < 4.78 is 7.96. The summed E-state index contributed by atoms with van der Waals surface area (Å²) in [5.41, 5.74) is 4.81. The first-order valence-electron chi connectivity index (χ1n) is 10.5. The van der Waals surface area contributed by atoms with Crippen molar-refractivity contribution >= 4 is 29.0 Å². The van der Waals surface area contributed by atoms with Crippen molar-refractivity contribution in [3.8, 4) is 34.0 Å². The highest BCUT2D eigenvalue weighted by atomic mass is 35.5. The quantitative estimate of drug-likeness (QED) is 0.279. The first-order chi connectivity index (χ1) is 15.7. The van der Waals surface area contributed by atoms with Gasteiger partial charge >= 0.3 is 0 Å². The van der Waals surface area contributed by atoms with Gasteiger partial charge in [-0.2, -0.15) is 0 Å². The molecule has 0 saturated heterocycles. The van der Waals surface area contributed by atoms with E-state index in [0.717, 1.165) is 33.8 Å². The molecule has 0 spiro atoms. The molecule has 0 radical (unpaired) electrons. The fourth-order valence-electron chi connectivity index (χ4n) is 3.59. The minimum atomic E-state index is -0.248. The van der Waals surface area contributed by atoms with Crippen LogP contribution >= 0.6 is 23.2 Å². The zero-order valence-electron chi connectivity index (χ0n) is 18.6. The van der Waals surface area contributed by atoms with Gasteiger partial charge in [0.05, 0.1) is 22.6 Å². The summed E-state index contributed by atoms with van der Waals surface area (Å²) in [6.45, 7) is 8.01. The summed E-state index contributed by atoms with van der Waals surface area (Å²) >= 11 is 12.3. The Morgan fingerprint density at radius 2 is 1.42 bits per heavy atom. The van der Waals surface area contributed by atoms with E-state index in [1.165, 1.54) is 0 Å². The number of halogens is 2. The molecule has 0 aliphatic heterocycles. The Hall–Kier alpha value is -3.22. The van der Waals surface area contributed by atoms with Crippen LogP contribution < -0.4 is 0 Å². The van der Waals surface area contributed by atoms with Crippen LogP contribution in [0.3, 0.4) is 0 Å². The maximum absolute atomic E-state index is 6.15. The third-order valence-corrected chi connectivity index (χ3v) is 5.84. The number of benzene rings is 2. The number of nitrogens with zero attached hydrogens (tertiary/aromatic N) is 5. The van der Waals surface area contributed by atoms with Crippen molar-refractivity contribution in [2.75, 3.05) is 0 Å². The van der Waals surface area contributed by atoms with E-state index >= 15 is 0 Å². The molecule has 0 unspecified atom stereocenters. The molecule has 0 fully saturated rings. The molecule has 6 nitrogen and oxygen atoms in total. The number of rotatable bonds is 3. The van der Waals surface area contributed by atoms with E-state index in [4.69, 9.17) is 37.6 Å². The van der Waals surface area contributed by atoms with Crippen LogP contribution in [0.25, 0.3) is 39.7 Å². The molecule has 0 saturated carbocycles. The fraction of sp³-hybridized carbons (Fsp3) is 0.200. The molecule has 0 aliphatic carbocycles. The predicted molar refractivity (Wildman–Crippen MR) is 131 cm³/mol. The lowest BCUT2D eigenvalue weighted by atomic mass is 9.97. The highest BCUT2D eigenvalue weighted by molar-refractivity contribution is 6.31. The Labute approximate surface area is 201 Å². The van der Waals surface area contributed by atoms with Gasteiger partial charge < -0.3 is 4.42 Å². The highest BCUT2D eigenvalue weighted by Crippen LogP contribution is 2.35. The number of imidazole rings is 1. The predicted octanol–water partition coefficient (Wildman–Crippen LogP) is 7.03. The van der Waals surface area contributed by atoms with Gasteiger partial charge in [0.2, 0.25) is 11.7 Å². The summed E-state index contributed by atoms with van der Waals surface area (Å²) in [5, 5.41) is 9.85. The third-order valence-electron chi connectivity index (χ3n) is 5.34. The Bertz CT molecular complexity index is 1460. The molecule has 8 heteroatoms. The average Bonchev–Trinajstić information content (AvgIpc) is 3.39. The van der Waals surface area contributed by atoms with E-state index in [9.17, 15) is 0 Å². The van der Waals surface area contributed by atoms with Crippen LogP contribution in [0.5, 0.6) is 0 Å². The van der Waals surface area contributed by atoms with Crippen molar-refractivity contribution in [2.24, 2.45) is 0 Å². The summed E-state index contributed by atoms with van der Waals surface area (Å²) in [6.07, 6.45) is 1.95. The monoisotopic (exact) mass is 477 g/mol. The Balaban J connectivity index is 1.76. The molecule has 33 heavy (non-hydrogen) atoms. The van der Waals surface area contributed by atoms with Crippen LogP contribution in [0.15, 0.2) is 59.1 Å². The van der Waals surface area contributed by atoms with Gasteiger partial charge in [-0.3, -0.25) is 4.40 Å². The van der Waals surface area contributed by atoms with Crippen LogP contribution in [0, 0.1) is 6.92 Å². The maximum Gasteiger partial charge on any atom is 0.251 e. The first kappa shape index (κ1) is 21.6. The van der Waals surface area contributed by atoms with Crippen molar-refractivity contribution < 1.29 is 4.42 Å². The molecule has 0 atom stereocenters. The van der Waals surface area contributed by atoms with Gasteiger partial charge in [0.15, 0.2) is 0 Å². The van der Waals surface area contributed by atoms with Crippen molar-refractivity contribution in [2.45, 2.75) is 33.1 Å². The van der Waals surface area contributed by atoms with E-state index < -0.39 is 0 Å². The Kier molecular flexibility index (Phi) is 5.22. The maximum atomic E-state index is 6.15. The molecule has 3 aromatic heterocycles. The zero-order chi connectivity index (χ0) is 23.3. The first-order valence-corrected chi connectivity index (χ1v) is 11.2. The van der Waals surface area contributed by atoms with E-state index in [2.05, 4.69) is 10.2 Å². The lowest BCUT2D eigenvalue weighted by Crippen LogP contribution is -2.11. The molecule has 2 aromatic carbocycles. The van der Waals surface area contributed by atoms with Gasteiger partial charge in [-0.25, -0.2) is 9.97 Å². The van der Waals surface area contributed by atoms with Gasteiger partial charge in [0, 0.05) is 32.8 Å². The standard InChI is InChI=1S/C25H21Cl2N5O/c1-14-19(22-30-31-23(33-22)25(2,3)4)13-32-21(16-7-11-18(27)12-8-16)20(29-24(32)28-14)15-5-9-17(26)10-6-15/h5-13H,1-4H3. The summed E-state index contributed by atoms with van der Waals surface area (Å²) in [5.74, 6) is 1.57. The van der Waals surface area contributed by atoms with Crippen LogP contribution in [0.2, 0.25) is 10.0 Å². The summed E-state index contributed by atoms with van der Waals surface area (Å²) in [7, 11) is 0.